The van der Waals surface area contributed by atoms with Crippen LogP contribution in [0.2, 0.25) is 5.02 Å². The van der Waals surface area contributed by atoms with Crippen LogP contribution in [0.25, 0.3) is 0 Å². The van der Waals surface area contributed by atoms with Crippen LogP contribution in [0.1, 0.15) is 19.3 Å². The quantitative estimate of drug-likeness (QED) is 0.278. The lowest BCUT2D eigenvalue weighted by Gasteiger charge is -2.31. The van der Waals surface area contributed by atoms with Gasteiger partial charge in [-0.15, -0.1) is 0 Å². The molecule has 0 N–H and O–H groups in total. The van der Waals surface area contributed by atoms with Crippen LogP contribution in [0.15, 0.2) is 24.3 Å². The van der Waals surface area contributed by atoms with Gasteiger partial charge in [-0.3, -0.25) is 9.59 Å². The number of carbonyl (C=O) groups is 2. The number of hydrogen-bond donors (Lipinski definition) is 0. The molecule has 164 valence electrons. The van der Waals surface area contributed by atoms with Crippen LogP contribution in [-0.4, -0.2) is 42.7 Å². The molecule has 0 heterocycles. The third-order valence-corrected chi connectivity index (χ3v) is 3.70. The number of esters is 2. The third kappa shape index (κ3) is 6.18. The zero-order valence-electron chi connectivity index (χ0n) is 14.2. The predicted molar refractivity (Wildman–Crippen MR) is 82.7 cm³/mol. The van der Waals surface area contributed by atoms with E-state index >= 15 is 0 Å². The fraction of sp³-hybridized carbons (Fsp3) is 0.500. The van der Waals surface area contributed by atoms with Crippen molar-refractivity contribution in [2.75, 3.05) is 6.61 Å². The summed E-state index contributed by atoms with van der Waals surface area (Å²) in [5.74, 6) is -20.9. The molecule has 0 aromatic heterocycles. The molecule has 0 fully saturated rings. The molecule has 0 radical (unpaired) electrons. The Balaban J connectivity index is 2.48. The number of halogens is 9. The summed E-state index contributed by atoms with van der Waals surface area (Å²) in [6.07, 6.45) is -6.54. The van der Waals surface area contributed by atoms with Gasteiger partial charge in [-0.2, -0.15) is 26.3 Å². The van der Waals surface area contributed by atoms with Gasteiger partial charge in [0.2, 0.25) is 0 Å². The average Bonchev–Trinajstić information content (AvgIpc) is 2.61. The van der Waals surface area contributed by atoms with Gasteiger partial charge in [0.05, 0.1) is 5.02 Å². The summed E-state index contributed by atoms with van der Waals surface area (Å²) >= 11 is 5.74. The van der Waals surface area contributed by atoms with Gasteiger partial charge in [-0.25, -0.2) is 8.78 Å². The average molecular weight is 457 g/mol. The molecule has 0 unspecified atom stereocenters. The molecule has 0 saturated carbocycles. The Morgan fingerprint density at radius 2 is 1.52 bits per heavy atom. The molecule has 1 aromatic carbocycles. The van der Waals surface area contributed by atoms with Gasteiger partial charge in [-0.1, -0.05) is 23.7 Å². The Bertz CT molecular complexity index is 727. The molecule has 1 rings (SSSR count). The van der Waals surface area contributed by atoms with E-state index in [1.54, 1.807) is 6.07 Å². The van der Waals surface area contributed by atoms with Gasteiger partial charge in [0.25, 0.3) is 0 Å². The van der Waals surface area contributed by atoms with E-state index in [1.807, 2.05) is 0 Å². The first-order chi connectivity index (χ1) is 13.2. The fourth-order valence-electron chi connectivity index (χ4n) is 1.79. The summed E-state index contributed by atoms with van der Waals surface area (Å²) < 4.78 is 110. The van der Waals surface area contributed by atoms with E-state index in [0.29, 0.717) is 0 Å². The molecule has 0 amide bonds. The molecule has 0 aliphatic carbocycles. The summed E-state index contributed by atoms with van der Waals surface area (Å²) in [5, 5.41) is 0.115. The number of alkyl halides is 8. The van der Waals surface area contributed by atoms with Gasteiger partial charge >= 0.3 is 36.1 Å². The van der Waals surface area contributed by atoms with Crippen LogP contribution >= 0.6 is 11.6 Å². The van der Waals surface area contributed by atoms with Crippen LogP contribution in [0.4, 0.5) is 35.1 Å². The van der Waals surface area contributed by atoms with Gasteiger partial charge in [0.1, 0.15) is 5.75 Å². The summed E-state index contributed by atoms with van der Waals surface area (Å²) in [6.45, 7) is -2.55. The molecule has 0 saturated heterocycles. The minimum atomic E-state index is -6.47. The van der Waals surface area contributed by atoms with Crippen molar-refractivity contribution in [1.29, 1.82) is 0 Å². The second-order valence-electron chi connectivity index (χ2n) is 5.62. The van der Waals surface area contributed by atoms with Crippen molar-refractivity contribution in [1.82, 2.24) is 0 Å². The lowest BCUT2D eigenvalue weighted by molar-refractivity contribution is -0.344. The number of para-hydroxylation sites is 1. The zero-order valence-corrected chi connectivity index (χ0v) is 15.0. The number of hydrogen-bond acceptors (Lipinski definition) is 4. The minimum Gasteiger partial charge on any atom is -0.459 e. The lowest BCUT2D eigenvalue weighted by atomic mass is 10.1. The monoisotopic (exact) mass is 456 g/mol. The van der Waals surface area contributed by atoms with Crippen LogP contribution in [0.5, 0.6) is 5.75 Å². The molecular weight excluding hydrogens is 444 g/mol. The zero-order chi connectivity index (χ0) is 22.5. The summed E-state index contributed by atoms with van der Waals surface area (Å²) in [5.41, 5.74) is 0. The maximum absolute atomic E-state index is 13.2. The van der Waals surface area contributed by atoms with Gasteiger partial charge < -0.3 is 9.47 Å². The molecule has 0 aliphatic heterocycles. The first kappa shape index (κ1) is 24.9. The number of benzene rings is 1. The molecule has 29 heavy (non-hydrogen) atoms. The van der Waals surface area contributed by atoms with Crippen LogP contribution < -0.4 is 4.74 Å². The van der Waals surface area contributed by atoms with Crippen molar-refractivity contribution in [2.24, 2.45) is 0 Å². The number of rotatable bonds is 10. The topological polar surface area (TPSA) is 52.6 Å². The van der Waals surface area contributed by atoms with E-state index in [0.717, 1.165) is 0 Å². The molecule has 0 atom stereocenters. The maximum Gasteiger partial charge on any atom is 0.381 e. The molecule has 0 aliphatic rings. The van der Waals surface area contributed by atoms with Crippen molar-refractivity contribution >= 4 is 23.5 Å². The molecule has 0 spiro atoms. The van der Waals surface area contributed by atoms with Gasteiger partial charge in [0, 0.05) is 12.8 Å². The van der Waals surface area contributed by atoms with Gasteiger partial charge in [0.15, 0.2) is 6.61 Å². The van der Waals surface area contributed by atoms with E-state index < -0.39 is 55.6 Å². The van der Waals surface area contributed by atoms with Crippen molar-refractivity contribution in [2.45, 2.75) is 43.5 Å². The molecular formula is C16H13ClF8O4. The minimum absolute atomic E-state index is 0.0172. The van der Waals surface area contributed by atoms with Crippen molar-refractivity contribution in [3.63, 3.8) is 0 Å². The van der Waals surface area contributed by atoms with E-state index in [2.05, 4.69) is 4.74 Å². The normalized spacial score (nSPS) is 12.8. The van der Waals surface area contributed by atoms with Crippen LogP contribution in [-0.2, 0) is 14.3 Å². The Morgan fingerprint density at radius 1 is 0.966 bits per heavy atom. The van der Waals surface area contributed by atoms with E-state index in [1.165, 1.54) is 18.2 Å². The molecule has 13 heteroatoms. The second-order valence-corrected chi connectivity index (χ2v) is 6.03. The largest absolute Gasteiger partial charge is 0.459 e. The second kappa shape index (κ2) is 9.59. The van der Waals surface area contributed by atoms with E-state index in [4.69, 9.17) is 16.3 Å². The van der Waals surface area contributed by atoms with Crippen LogP contribution in [0.3, 0.4) is 0 Å². The Hall–Kier alpha value is -2.11. The highest BCUT2D eigenvalue weighted by molar-refractivity contribution is 6.32. The SMILES string of the molecule is O=C(CCCC(=O)Oc1ccccc1Cl)OCC(F)(F)C(F)(F)C(F)(F)C(F)F. The molecule has 0 bridgehead atoms. The highest BCUT2D eigenvalue weighted by Gasteiger charge is 2.75. The van der Waals surface area contributed by atoms with Crippen molar-refractivity contribution in [3.8, 4) is 5.75 Å². The van der Waals surface area contributed by atoms with E-state index in [9.17, 15) is 44.7 Å². The standard InChI is InChI=1S/C16H13ClF8O4/c17-9-4-1-2-5-10(9)29-12(27)7-3-6-11(26)28-8-14(20,21)16(24,25)15(22,23)13(18)19/h1-2,4-5,13H,3,6-8H2. The maximum atomic E-state index is 13.2. The third-order valence-electron chi connectivity index (χ3n) is 3.39. The Kier molecular flexibility index (Phi) is 8.25. The first-order valence-electron chi connectivity index (χ1n) is 7.75. The highest BCUT2D eigenvalue weighted by Crippen LogP contribution is 2.48. The Labute approximate surface area is 163 Å². The lowest BCUT2D eigenvalue weighted by Crippen LogP contribution is -2.59. The van der Waals surface area contributed by atoms with E-state index in [-0.39, 0.29) is 17.2 Å². The summed E-state index contributed by atoms with van der Waals surface area (Å²) in [6, 6.07) is 5.87. The van der Waals surface area contributed by atoms with Gasteiger partial charge in [-0.05, 0) is 18.6 Å². The first-order valence-corrected chi connectivity index (χ1v) is 8.12. The predicted octanol–water partition coefficient (Wildman–Crippen LogP) is 5.13. The van der Waals surface area contributed by atoms with Crippen molar-refractivity contribution in [3.05, 3.63) is 29.3 Å². The van der Waals surface area contributed by atoms with Crippen LogP contribution in [0, 0.1) is 0 Å². The summed E-state index contributed by atoms with van der Waals surface area (Å²) in [7, 11) is 0. The summed E-state index contributed by atoms with van der Waals surface area (Å²) in [4.78, 5) is 22.8. The highest BCUT2D eigenvalue weighted by atomic mass is 35.5. The number of carbonyl (C=O) groups excluding carboxylic acids is 2. The molecule has 4 nitrogen and oxygen atoms in total. The Morgan fingerprint density at radius 3 is 2.07 bits per heavy atom. The molecule has 1 aromatic rings. The smallest absolute Gasteiger partial charge is 0.381 e. The fourth-order valence-corrected chi connectivity index (χ4v) is 1.97. The van der Waals surface area contributed by atoms with Crippen molar-refractivity contribution < 1.29 is 54.2 Å². The number of ether oxygens (including phenoxy) is 2.